The molecule has 0 radical (unpaired) electrons. The third-order valence-electron chi connectivity index (χ3n) is 3.32. The van der Waals surface area contributed by atoms with Gasteiger partial charge in [0, 0.05) is 24.7 Å². The van der Waals surface area contributed by atoms with Gasteiger partial charge in [-0.15, -0.1) is 0 Å². The van der Waals surface area contributed by atoms with Crippen LogP contribution in [0, 0.1) is 5.92 Å². The van der Waals surface area contributed by atoms with Crippen LogP contribution in [0.5, 0.6) is 0 Å². The molecular formula is C15H23N3O4. The number of carbonyl (C=O) groups excluding carboxylic acids is 1. The molecule has 0 aliphatic carbocycles. The first-order valence-corrected chi connectivity index (χ1v) is 7.30. The highest BCUT2D eigenvalue weighted by atomic mass is 16.5. The molecule has 7 nitrogen and oxygen atoms in total. The van der Waals surface area contributed by atoms with E-state index >= 15 is 0 Å². The first-order chi connectivity index (χ1) is 10.6. The molecule has 0 spiro atoms. The van der Waals surface area contributed by atoms with E-state index in [9.17, 15) is 9.59 Å². The van der Waals surface area contributed by atoms with Crippen LogP contribution in [0.25, 0.3) is 0 Å². The molecule has 0 bridgehead atoms. The molecule has 1 atom stereocenters. The number of hydrogen-bond acceptors (Lipinski definition) is 5. The van der Waals surface area contributed by atoms with Crippen LogP contribution in [0.3, 0.4) is 0 Å². The number of anilines is 2. The van der Waals surface area contributed by atoms with E-state index in [1.165, 1.54) is 0 Å². The highest BCUT2D eigenvalue weighted by Crippen LogP contribution is 2.15. The van der Waals surface area contributed by atoms with E-state index in [2.05, 4.69) is 16.1 Å². The number of carboxylic acids is 1. The Morgan fingerprint density at radius 2 is 1.95 bits per heavy atom. The summed E-state index contributed by atoms with van der Waals surface area (Å²) in [5.74, 6) is -1.19. The molecule has 1 aromatic carbocycles. The van der Waals surface area contributed by atoms with Gasteiger partial charge < -0.3 is 15.7 Å². The summed E-state index contributed by atoms with van der Waals surface area (Å²) in [5.41, 5.74) is 3.51. The Hall–Kier alpha value is -2.28. The predicted octanol–water partition coefficient (Wildman–Crippen LogP) is 1.91. The predicted molar refractivity (Wildman–Crippen MR) is 84.0 cm³/mol. The number of aliphatic carboxylic acids is 1. The van der Waals surface area contributed by atoms with Crippen LogP contribution in [0.2, 0.25) is 0 Å². The Morgan fingerprint density at radius 3 is 2.59 bits per heavy atom. The molecule has 1 amide bonds. The third kappa shape index (κ3) is 6.45. The molecule has 1 rings (SSSR count). The van der Waals surface area contributed by atoms with E-state index in [0.717, 1.165) is 5.69 Å². The lowest BCUT2D eigenvalue weighted by Gasteiger charge is -2.15. The molecule has 0 aromatic heterocycles. The summed E-state index contributed by atoms with van der Waals surface area (Å²) in [5, 5.41) is 23.2. The van der Waals surface area contributed by atoms with Crippen LogP contribution in [0.15, 0.2) is 24.3 Å². The number of hydrogen-bond donors (Lipinski definition) is 5. The summed E-state index contributed by atoms with van der Waals surface area (Å²) < 4.78 is 0. The summed E-state index contributed by atoms with van der Waals surface area (Å²) in [6.07, 6.45) is 1.27. The Bertz CT molecular complexity index is 493. The van der Waals surface area contributed by atoms with Gasteiger partial charge >= 0.3 is 5.97 Å². The van der Waals surface area contributed by atoms with Crippen molar-refractivity contribution in [2.45, 2.75) is 26.2 Å². The number of nitrogens with one attached hydrogen (secondary N) is 3. The van der Waals surface area contributed by atoms with Crippen molar-refractivity contribution in [2.24, 2.45) is 5.92 Å². The average Bonchev–Trinajstić information content (AvgIpc) is 2.51. The van der Waals surface area contributed by atoms with Crippen molar-refractivity contribution in [1.82, 2.24) is 5.32 Å². The maximum Gasteiger partial charge on any atom is 0.305 e. The summed E-state index contributed by atoms with van der Waals surface area (Å²) in [7, 11) is 0. The maximum atomic E-state index is 11.9. The normalized spacial score (nSPS) is 11.5. The van der Waals surface area contributed by atoms with E-state index in [-0.39, 0.29) is 24.8 Å². The molecule has 5 N–H and O–H groups in total. The first-order valence-electron chi connectivity index (χ1n) is 7.30. The standard InChI is InChI=1S/C15H23N3O4/c1-2-11(15(21)17-9-7-14(19)20)6-8-16-12-4-3-5-13(10-12)18-22/h3-5,10-11,16,18,22H,2,6-9H2,1H3,(H,17,21)(H,19,20). The molecule has 7 heteroatoms. The van der Waals surface area contributed by atoms with Crippen molar-refractivity contribution < 1.29 is 19.9 Å². The Kier molecular flexibility index (Phi) is 7.77. The van der Waals surface area contributed by atoms with Gasteiger partial charge in [-0.2, -0.15) is 0 Å². The molecule has 0 fully saturated rings. The lowest BCUT2D eigenvalue weighted by Crippen LogP contribution is -2.33. The number of amides is 1. The van der Waals surface area contributed by atoms with Crippen molar-refractivity contribution in [1.29, 1.82) is 0 Å². The molecule has 1 unspecified atom stereocenters. The summed E-state index contributed by atoms with van der Waals surface area (Å²) >= 11 is 0. The van der Waals surface area contributed by atoms with Crippen LogP contribution in [0.1, 0.15) is 26.2 Å². The van der Waals surface area contributed by atoms with Gasteiger partial charge in [0.25, 0.3) is 0 Å². The minimum Gasteiger partial charge on any atom is -0.481 e. The summed E-state index contributed by atoms with van der Waals surface area (Å²) in [6.45, 7) is 2.69. The Balaban J connectivity index is 2.36. The van der Waals surface area contributed by atoms with E-state index in [4.69, 9.17) is 10.3 Å². The van der Waals surface area contributed by atoms with Gasteiger partial charge in [-0.1, -0.05) is 13.0 Å². The van der Waals surface area contributed by atoms with Crippen molar-refractivity contribution in [3.05, 3.63) is 24.3 Å². The largest absolute Gasteiger partial charge is 0.481 e. The van der Waals surface area contributed by atoms with Gasteiger partial charge in [-0.05, 0) is 31.0 Å². The Labute approximate surface area is 129 Å². The van der Waals surface area contributed by atoms with Crippen LogP contribution < -0.4 is 16.1 Å². The van der Waals surface area contributed by atoms with Crippen molar-refractivity contribution in [3.8, 4) is 0 Å². The van der Waals surface area contributed by atoms with Crippen LogP contribution in [0.4, 0.5) is 11.4 Å². The summed E-state index contributed by atoms with van der Waals surface area (Å²) in [4.78, 5) is 22.3. The molecule has 0 saturated carbocycles. The SMILES string of the molecule is CCC(CCNc1cccc(NO)c1)C(=O)NCCC(=O)O. The number of rotatable bonds is 10. The fourth-order valence-electron chi connectivity index (χ4n) is 2.05. The van der Waals surface area contributed by atoms with Crippen molar-refractivity contribution in [3.63, 3.8) is 0 Å². The van der Waals surface area contributed by atoms with E-state index in [0.29, 0.717) is 25.1 Å². The second kappa shape index (κ2) is 9.62. The lowest BCUT2D eigenvalue weighted by atomic mass is 10.0. The minimum atomic E-state index is -0.924. The number of carbonyl (C=O) groups is 2. The molecule has 0 aliphatic heterocycles. The fourth-order valence-corrected chi connectivity index (χ4v) is 2.05. The Morgan fingerprint density at radius 1 is 1.23 bits per heavy atom. The highest BCUT2D eigenvalue weighted by Gasteiger charge is 2.15. The zero-order valence-corrected chi connectivity index (χ0v) is 12.6. The topological polar surface area (TPSA) is 111 Å². The van der Waals surface area contributed by atoms with Gasteiger partial charge in [0.2, 0.25) is 5.91 Å². The van der Waals surface area contributed by atoms with Gasteiger partial charge in [-0.25, -0.2) is 0 Å². The van der Waals surface area contributed by atoms with Gasteiger partial charge in [0.15, 0.2) is 0 Å². The van der Waals surface area contributed by atoms with Gasteiger partial charge in [0.1, 0.15) is 0 Å². The smallest absolute Gasteiger partial charge is 0.305 e. The van der Waals surface area contributed by atoms with Crippen LogP contribution >= 0.6 is 0 Å². The van der Waals surface area contributed by atoms with Crippen molar-refractivity contribution in [2.75, 3.05) is 23.9 Å². The minimum absolute atomic E-state index is 0.0681. The zero-order valence-electron chi connectivity index (χ0n) is 12.6. The molecule has 22 heavy (non-hydrogen) atoms. The third-order valence-corrected chi connectivity index (χ3v) is 3.32. The first kappa shape index (κ1) is 17.8. The number of carboxylic acid groups (broad SMARTS) is 1. The molecular weight excluding hydrogens is 286 g/mol. The molecule has 122 valence electrons. The second-order valence-electron chi connectivity index (χ2n) is 4.95. The van der Waals surface area contributed by atoms with E-state index < -0.39 is 5.97 Å². The van der Waals surface area contributed by atoms with Crippen LogP contribution in [-0.4, -0.2) is 35.3 Å². The monoisotopic (exact) mass is 309 g/mol. The van der Waals surface area contributed by atoms with Gasteiger partial charge in [0.05, 0.1) is 12.1 Å². The van der Waals surface area contributed by atoms with Crippen molar-refractivity contribution >= 4 is 23.3 Å². The van der Waals surface area contributed by atoms with E-state index in [1.54, 1.807) is 18.2 Å². The number of benzene rings is 1. The lowest BCUT2D eigenvalue weighted by molar-refractivity contribution is -0.137. The molecule has 0 saturated heterocycles. The zero-order chi connectivity index (χ0) is 16.4. The van der Waals surface area contributed by atoms with Crippen LogP contribution in [-0.2, 0) is 9.59 Å². The quantitative estimate of drug-likeness (QED) is 0.422. The highest BCUT2D eigenvalue weighted by molar-refractivity contribution is 5.79. The molecule has 0 heterocycles. The molecule has 0 aliphatic rings. The van der Waals surface area contributed by atoms with E-state index in [1.807, 2.05) is 13.0 Å². The second-order valence-corrected chi connectivity index (χ2v) is 4.95. The summed E-state index contributed by atoms with van der Waals surface area (Å²) in [6, 6.07) is 7.16. The van der Waals surface area contributed by atoms with Gasteiger partial charge in [-0.3, -0.25) is 20.3 Å². The average molecular weight is 309 g/mol. The maximum absolute atomic E-state index is 11.9. The molecule has 1 aromatic rings. The fraction of sp³-hybridized carbons (Fsp3) is 0.467.